The number of thioether (sulfide) groups is 1. The molecule has 1 N–H and O–H groups in total. The van der Waals surface area contributed by atoms with Crippen molar-refractivity contribution in [1.82, 2.24) is 9.97 Å². The summed E-state index contributed by atoms with van der Waals surface area (Å²) >= 11 is 7.19. The third-order valence-corrected chi connectivity index (χ3v) is 3.53. The van der Waals surface area contributed by atoms with E-state index in [1.165, 1.54) is 11.8 Å². The molecule has 0 radical (unpaired) electrons. The zero-order valence-corrected chi connectivity index (χ0v) is 10.8. The van der Waals surface area contributed by atoms with Crippen molar-refractivity contribution in [3.8, 4) is 0 Å². The fourth-order valence-electron chi connectivity index (χ4n) is 1.39. The molecule has 0 spiro atoms. The average molecular weight is 267 g/mol. The first-order valence-electron chi connectivity index (χ1n) is 5.12. The molecule has 1 aromatic carbocycles. The maximum atomic E-state index is 12.1. The number of carbonyl (C=O) groups is 1. The van der Waals surface area contributed by atoms with Crippen molar-refractivity contribution >= 4 is 29.1 Å². The Hall–Kier alpha value is -1.26. The normalized spacial score (nSPS) is 12.4. The molecule has 1 atom stereocenters. The highest BCUT2D eigenvalue weighted by Crippen LogP contribution is 2.22. The van der Waals surface area contributed by atoms with Gasteiger partial charge in [0.2, 0.25) is 0 Å². The SMILES string of the molecule is CC(Sc1ncc[nH]1)C(=O)c1ccc(Cl)cc1. The fraction of sp³-hybridized carbons (Fsp3) is 0.167. The summed E-state index contributed by atoms with van der Waals surface area (Å²) in [6.45, 7) is 1.87. The summed E-state index contributed by atoms with van der Waals surface area (Å²) in [6, 6.07) is 6.92. The zero-order chi connectivity index (χ0) is 12.3. The van der Waals surface area contributed by atoms with Gasteiger partial charge >= 0.3 is 0 Å². The molecule has 0 aliphatic carbocycles. The number of aromatic amines is 1. The molecule has 1 heterocycles. The zero-order valence-electron chi connectivity index (χ0n) is 9.18. The molecular weight excluding hydrogens is 256 g/mol. The van der Waals surface area contributed by atoms with E-state index in [2.05, 4.69) is 9.97 Å². The van der Waals surface area contributed by atoms with E-state index in [1.807, 2.05) is 6.92 Å². The van der Waals surface area contributed by atoms with Crippen LogP contribution in [0.15, 0.2) is 41.8 Å². The first-order valence-corrected chi connectivity index (χ1v) is 6.38. The smallest absolute Gasteiger partial charge is 0.175 e. The van der Waals surface area contributed by atoms with Crippen molar-refractivity contribution in [1.29, 1.82) is 0 Å². The first-order chi connectivity index (χ1) is 8.16. The number of nitrogens with zero attached hydrogens (tertiary/aromatic N) is 1. The van der Waals surface area contributed by atoms with Gasteiger partial charge in [0.1, 0.15) is 0 Å². The van der Waals surface area contributed by atoms with E-state index in [9.17, 15) is 4.79 Å². The Morgan fingerprint density at radius 3 is 2.71 bits per heavy atom. The molecule has 2 rings (SSSR count). The Balaban J connectivity index is 2.07. The molecule has 0 aliphatic rings. The number of Topliss-reactive ketones (excluding diaryl/α,β-unsaturated/α-hetero) is 1. The van der Waals surface area contributed by atoms with Crippen LogP contribution in [0.3, 0.4) is 0 Å². The Labute approximate surface area is 109 Å². The van der Waals surface area contributed by atoms with E-state index in [4.69, 9.17) is 11.6 Å². The second-order valence-electron chi connectivity index (χ2n) is 3.53. The number of halogens is 1. The Kier molecular flexibility index (Phi) is 3.86. The lowest BCUT2D eigenvalue weighted by atomic mass is 10.1. The number of hydrogen-bond donors (Lipinski definition) is 1. The van der Waals surface area contributed by atoms with Crippen molar-refractivity contribution in [2.75, 3.05) is 0 Å². The number of benzene rings is 1. The summed E-state index contributed by atoms with van der Waals surface area (Å²) in [5.74, 6) is 0.0723. The number of imidazole rings is 1. The standard InChI is InChI=1S/C12H11ClN2OS/c1-8(17-12-14-6-7-15-12)11(16)9-2-4-10(13)5-3-9/h2-8H,1H3,(H,14,15). The molecule has 3 nitrogen and oxygen atoms in total. The Morgan fingerprint density at radius 2 is 2.12 bits per heavy atom. The monoisotopic (exact) mass is 266 g/mol. The molecular formula is C12H11ClN2OS. The second-order valence-corrected chi connectivity index (χ2v) is 5.29. The lowest BCUT2D eigenvalue weighted by Gasteiger charge is -2.08. The predicted molar refractivity (Wildman–Crippen MR) is 69.7 cm³/mol. The van der Waals surface area contributed by atoms with Crippen molar-refractivity contribution < 1.29 is 4.79 Å². The number of aromatic nitrogens is 2. The maximum absolute atomic E-state index is 12.1. The number of ketones is 1. The Bertz CT molecular complexity index is 496. The molecule has 2 aromatic rings. The number of carbonyl (C=O) groups excluding carboxylic acids is 1. The van der Waals surface area contributed by atoms with Crippen molar-refractivity contribution in [3.05, 3.63) is 47.2 Å². The molecule has 0 aliphatic heterocycles. The number of H-pyrrole nitrogens is 1. The summed E-state index contributed by atoms with van der Waals surface area (Å²) < 4.78 is 0. The quantitative estimate of drug-likeness (QED) is 0.681. The van der Waals surface area contributed by atoms with Crippen molar-refractivity contribution in [2.24, 2.45) is 0 Å². The maximum Gasteiger partial charge on any atom is 0.175 e. The van der Waals surface area contributed by atoms with Gasteiger partial charge in [-0.2, -0.15) is 0 Å². The van der Waals surface area contributed by atoms with Crippen LogP contribution in [0.25, 0.3) is 0 Å². The van der Waals surface area contributed by atoms with Crippen LogP contribution in [0, 0.1) is 0 Å². The third kappa shape index (κ3) is 3.11. The number of nitrogens with one attached hydrogen (secondary N) is 1. The molecule has 0 saturated heterocycles. The predicted octanol–water partition coefficient (Wildman–Crippen LogP) is 3.43. The van der Waals surface area contributed by atoms with Crippen LogP contribution in [0.5, 0.6) is 0 Å². The topological polar surface area (TPSA) is 45.8 Å². The van der Waals surface area contributed by atoms with Gasteiger partial charge in [-0.3, -0.25) is 4.79 Å². The van der Waals surface area contributed by atoms with Gasteiger partial charge in [0.05, 0.1) is 5.25 Å². The lowest BCUT2D eigenvalue weighted by Crippen LogP contribution is -2.13. The lowest BCUT2D eigenvalue weighted by molar-refractivity contribution is 0.0994. The van der Waals surface area contributed by atoms with E-state index >= 15 is 0 Å². The molecule has 1 unspecified atom stereocenters. The summed E-state index contributed by atoms with van der Waals surface area (Å²) in [4.78, 5) is 19.1. The molecule has 0 amide bonds. The van der Waals surface area contributed by atoms with Gasteiger partial charge in [0, 0.05) is 23.0 Å². The van der Waals surface area contributed by atoms with E-state index in [-0.39, 0.29) is 11.0 Å². The van der Waals surface area contributed by atoms with Crippen LogP contribution in [-0.2, 0) is 0 Å². The van der Waals surface area contributed by atoms with E-state index in [0.717, 1.165) is 5.16 Å². The van der Waals surface area contributed by atoms with Crippen LogP contribution in [0.4, 0.5) is 0 Å². The van der Waals surface area contributed by atoms with Gasteiger partial charge in [0.25, 0.3) is 0 Å². The summed E-state index contributed by atoms with van der Waals surface area (Å²) in [7, 11) is 0. The van der Waals surface area contributed by atoms with Crippen LogP contribution < -0.4 is 0 Å². The highest BCUT2D eigenvalue weighted by Gasteiger charge is 2.17. The largest absolute Gasteiger partial charge is 0.340 e. The molecule has 0 fully saturated rings. The highest BCUT2D eigenvalue weighted by atomic mass is 35.5. The van der Waals surface area contributed by atoms with Crippen LogP contribution >= 0.6 is 23.4 Å². The molecule has 5 heteroatoms. The molecule has 88 valence electrons. The summed E-state index contributed by atoms with van der Waals surface area (Å²) in [5, 5.41) is 1.20. The van der Waals surface area contributed by atoms with Gasteiger partial charge in [-0.1, -0.05) is 23.4 Å². The van der Waals surface area contributed by atoms with Gasteiger partial charge in [-0.25, -0.2) is 4.98 Å². The van der Waals surface area contributed by atoms with Gasteiger partial charge in [0.15, 0.2) is 10.9 Å². The molecule has 0 saturated carbocycles. The molecule has 17 heavy (non-hydrogen) atoms. The van der Waals surface area contributed by atoms with Crippen LogP contribution in [0.2, 0.25) is 5.02 Å². The fourth-order valence-corrected chi connectivity index (χ4v) is 2.35. The second kappa shape index (κ2) is 5.38. The van der Waals surface area contributed by atoms with E-state index in [0.29, 0.717) is 10.6 Å². The minimum absolute atomic E-state index is 0.0723. The Morgan fingerprint density at radius 1 is 1.41 bits per heavy atom. The van der Waals surface area contributed by atoms with Gasteiger partial charge in [-0.15, -0.1) is 0 Å². The molecule has 1 aromatic heterocycles. The van der Waals surface area contributed by atoms with E-state index in [1.54, 1.807) is 36.7 Å². The van der Waals surface area contributed by atoms with Crippen molar-refractivity contribution in [3.63, 3.8) is 0 Å². The minimum Gasteiger partial charge on any atom is -0.340 e. The van der Waals surface area contributed by atoms with Crippen molar-refractivity contribution in [2.45, 2.75) is 17.3 Å². The number of hydrogen-bond acceptors (Lipinski definition) is 3. The molecule has 0 bridgehead atoms. The third-order valence-electron chi connectivity index (χ3n) is 2.26. The average Bonchev–Trinajstić information content (AvgIpc) is 2.82. The summed E-state index contributed by atoms with van der Waals surface area (Å²) in [6.07, 6.45) is 3.41. The minimum atomic E-state index is -0.178. The van der Waals surface area contributed by atoms with Crippen LogP contribution in [0.1, 0.15) is 17.3 Å². The van der Waals surface area contributed by atoms with Gasteiger partial charge in [-0.05, 0) is 31.2 Å². The highest BCUT2D eigenvalue weighted by molar-refractivity contribution is 8.00. The number of rotatable bonds is 4. The summed E-state index contributed by atoms with van der Waals surface area (Å²) in [5.41, 5.74) is 0.668. The first kappa shape index (κ1) is 12.2. The van der Waals surface area contributed by atoms with E-state index < -0.39 is 0 Å². The van der Waals surface area contributed by atoms with Gasteiger partial charge < -0.3 is 4.98 Å². The van der Waals surface area contributed by atoms with Crippen LogP contribution in [-0.4, -0.2) is 21.0 Å².